The Labute approximate surface area is 154 Å². The molecule has 0 aliphatic rings. The lowest BCUT2D eigenvalue weighted by molar-refractivity contribution is -0.709. The third-order valence-electron chi connectivity index (χ3n) is 4.02. The van der Waals surface area contributed by atoms with E-state index in [1.54, 1.807) is 0 Å². The van der Waals surface area contributed by atoms with Gasteiger partial charge in [-0.05, 0) is 38.5 Å². The van der Waals surface area contributed by atoms with Gasteiger partial charge in [0.25, 0.3) is 0 Å². The molecule has 0 aromatic heterocycles. The SMILES string of the molecule is CCOc1cc(C[NH2+][C@H](C)[C@H](O)c2ccccc2)cc(Cl)c1OCC. The smallest absolute Gasteiger partial charge is 0.179 e. The van der Waals surface area contributed by atoms with Crippen LogP contribution in [-0.2, 0) is 6.54 Å². The van der Waals surface area contributed by atoms with Crippen molar-refractivity contribution in [2.45, 2.75) is 39.5 Å². The summed E-state index contributed by atoms with van der Waals surface area (Å²) in [6.07, 6.45) is -0.522. The maximum atomic E-state index is 10.5. The second-order valence-electron chi connectivity index (χ2n) is 5.93. The first-order chi connectivity index (χ1) is 12.1. The molecule has 2 atom stereocenters. The molecule has 3 N–H and O–H groups in total. The maximum Gasteiger partial charge on any atom is 0.179 e. The summed E-state index contributed by atoms with van der Waals surface area (Å²) in [7, 11) is 0. The van der Waals surface area contributed by atoms with Crippen LogP contribution in [-0.4, -0.2) is 24.4 Å². The number of nitrogens with two attached hydrogens (primary N) is 1. The van der Waals surface area contributed by atoms with Crippen molar-refractivity contribution in [2.75, 3.05) is 13.2 Å². The topological polar surface area (TPSA) is 55.3 Å². The van der Waals surface area contributed by atoms with E-state index in [-0.39, 0.29) is 6.04 Å². The summed E-state index contributed by atoms with van der Waals surface area (Å²) in [5.41, 5.74) is 1.95. The van der Waals surface area contributed by atoms with Crippen LogP contribution in [0.15, 0.2) is 42.5 Å². The Bertz CT molecular complexity index is 663. The van der Waals surface area contributed by atoms with Crippen LogP contribution in [0.25, 0.3) is 0 Å². The second-order valence-corrected chi connectivity index (χ2v) is 6.33. The third-order valence-corrected chi connectivity index (χ3v) is 4.30. The van der Waals surface area contributed by atoms with E-state index < -0.39 is 6.10 Å². The third kappa shape index (κ3) is 5.36. The highest BCUT2D eigenvalue weighted by atomic mass is 35.5. The fraction of sp³-hybridized carbons (Fsp3) is 0.400. The van der Waals surface area contributed by atoms with Gasteiger partial charge in [0.2, 0.25) is 0 Å². The van der Waals surface area contributed by atoms with Gasteiger partial charge in [-0.25, -0.2) is 0 Å². The minimum absolute atomic E-state index is 0.0169. The van der Waals surface area contributed by atoms with Crippen LogP contribution < -0.4 is 14.8 Å². The van der Waals surface area contributed by atoms with Gasteiger partial charge in [0.1, 0.15) is 18.7 Å². The number of hydrogen-bond acceptors (Lipinski definition) is 3. The predicted octanol–water partition coefficient (Wildman–Crippen LogP) is 3.32. The molecule has 0 spiro atoms. The molecule has 0 amide bonds. The number of halogens is 1. The summed E-state index contributed by atoms with van der Waals surface area (Å²) in [5.74, 6) is 1.25. The van der Waals surface area contributed by atoms with Crippen LogP contribution in [0.3, 0.4) is 0 Å². The lowest BCUT2D eigenvalue weighted by Crippen LogP contribution is -2.88. The Hall–Kier alpha value is -1.75. The van der Waals surface area contributed by atoms with Gasteiger partial charge >= 0.3 is 0 Å². The van der Waals surface area contributed by atoms with Gasteiger partial charge in [-0.3, -0.25) is 0 Å². The molecule has 0 fully saturated rings. The molecule has 0 aliphatic carbocycles. The van der Waals surface area contributed by atoms with Crippen molar-refractivity contribution in [1.82, 2.24) is 0 Å². The minimum Gasteiger partial charge on any atom is -0.490 e. The Morgan fingerprint density at radius 3 is 2.40 bits per heavy atom. The van der Waals surface area contributed by atoms with E-state index in [2.05, 4.69) is 5.32 Å². The highest BCUT2D eigenvalue weighted by Gasteiger charge is 2.20. The number of benzene rings is 2. The number of quaternary nitrogens is 1. The Balaban J connectivity index is 2.07. The Morgan fingerprint density at radius 1 is 1.08 bits per heavy atom. The summed E-state index contributed by atoms with van der Waals surface area (Å²) >= 11 is 6.35. The molecule has 0 saturated carbocycles. The highest BCUT2D eigenvalue weighted by Crippen LogP contribution is 2.36. The van der Waals surface area contributed by atoms with Gasteiger partial charge in [0.15, 0.2) is 11.5 Å². The largest absolute Gasteiger partial charge is 0.490 e. The van der Waals surface area contributed by atoms with E-state index in [0.29, 0.717) is 36.3 Å². The first kappa shape index (κ1) is 19.6. The second kappa shape index (κ2) is 9.66. The fourth-order valence-electron chi connectivity index (χ4n) is 2.69. The molecule has 0 saturated heterocycles. The zero-order chi connectivity index (χ0) is 18.2. The van der Waals surface area contributed by atoms with Crippen molar-refractivity contribution in [3.8, 4) is 11.5 Å². The zero-order valence-corrected chi connectivity index (χ0v) is 15.8. The van der Waals surface area contributed by atoms with Crippen molar-refractivity contribution in [3.05, 3.63) is 58.6 Å². The summed E-state index contributed by atoms with van der Waals surface area (Å²) < 4.78 is 11.3. The van der Waals surface area contributed by atoms with Gasteiger partial charge in [0.05, 0.1) is 18.2 Å². The van der Waals surface area contributed by atoms with E-state index in [4.69, 9.17) is 21.1 Å². The monoisotopic (exact) mass is 364 g/mol. The van der Waals surface area contributed by atoms with Crippen LogP contribution in [0.4, 0.5) is 0 Å². The van der Waals surface area contributed by atoms with Crippen molar-refractivity contribution in [2.24, 2.45) is 0 Å². The molecular formula is C20H27ClNO3+. The van der Waals surface area contributed by atoms with E-state index >= 15 is 0 Å². The number of ether oxygens (including phenoxy) is 2. The fourth-order valence-corrected chi connectivity index (χ4v) is 2.98. The molecule has 5 heteroatoms. The zero-order valence-electron chi connectivity index (χ0n) is 15.0. The van der Waals surface area contributed by atoms with Crippen molar-refractivity contribution in [3.63, 3.8) is 0 Å². The number of hydrogen-bond donors (Lipinski definition) is 2. The highest BCUT2D eigenvalue weighted by molar-refractivity contribution is 6.32. The molecule has 0 unspecified atom stereocenters. The first-order valence-electron chi connectivity index (χ1n) is 8.71. The van der Waals surface area contributed by atoms with Crippen LogP contribution in [0.2, 0.25) is 5.02 Å². The van der Waals surface area contributed by atoms with Crippen molar-refractivity contribution in [1.29, 1.82) is 0 Å². The molecule has 2 aromatic rings. The van der Waals surface area contributed by atoms with Crippen LogP contribution in [0.5, 0.6) is 11.5 Å². The molecule has 0 aliphatic heterocycles. The standard InChI is InChI=1S/C20H26ClNO3/c1-4-24-18-12-15(11-17(21)20(18)25-5-2)13-22-14(3)19(23)16-9-7-6-8-10-16/h6-12,14,19,22-23H,4-5,13H2,1-3H3/p+1/t14-,19+/m1/s1. The van der Waals surface area contributed by atoms with E-state index in [9.17, 15) is 5.11 Å². The average molecular weight is 365 g/mol. The first-order valence-corrected chi connectivity index (χ1v) is 9.08. The van der Waals surface area contributed by atoms with E-state index in [1.807, 2.05) is 63.2 Å². The number of aliphatic hydroxyl groups excluding tert-OH is 1. The van der Waals surface area contributed by atoms with E-state index in [1.165, 1.54) is 0 Å². The Morgan fingerprint density at radius 2 is 1.76 bits per heavy atom. The molecular weight excluding hydrogens is 338 g/mol. The maximum absolute atomic E-state index is 10.5. The van der Waals surface area contributed by atoms with Gasteiger partial charge in [-0.2, -0.15) is 0 Å². The van der Waals surface area contributed by atoms with Gasteiger partial charge in [-0.15, -0.1) is 0 Å². The van der Waals surface area contributed by atoms with E-state index in [0.717, 1.165) is 11.1 Å². The predicted molar refractivity (Wildman–Crippen MR) is 100 cm³/mol. The molecule has 0 radical (unpaired) electrons. The normalized spacial score (nSPS) is 13.3. The molecule has 2 aromatic carbocycles. The lowest BCUT2D eigenvalue weighted by Gasteiger charge is -2.19. The minimum atomic E-state index is -0.522. The van der Waals surface area contributed by atoms with Crippen LogP contribution in [0, 0.1) is 0 Å². The van der Waals surface area contributed by atoms with Crippen molar-refractivity contribution >= 4 is 11.6 Å². The lowest BCUT2D eigenvalue weighted by atomic mass is 10.0. The number of aliphatic hydroxyl groups is 1. The quantitative estimate of drug-likeness (QED) is 0.717. The molecule has 136 valence electrons. The van der Waals surface area contributed by atoms with Crippen LogP contribution >= 0.6 is 11.6 Å². The molecule has 25 heavy (non-hydrogen) atoms. The Kier molecular flexibility index (Phi) is 7.56. The molecule has 0 heterocycles. The molecule has 0 bridgehead atoms. The van der Waals surface area contributed by atoms with Gasteiger partial charge in [-0.1, -0.05) is 41.9 Å². The van der Waals surface area contributed by atoms with Crippen LogP contribution in [0.1, 0.15) is 38.0 Å². The molecule has 4 nitrogen and oxygen atoms in total. The summed E-state index contributed by atoms with van der Waals surface area (Å²) in [6.45, 7) is 7.63. The molecule has 2 rings (SSSR count). The average Bonchev–Trinajstić information content (AvgIpc) is 2.63. The van der Waals surface area contributed by atoms with Crippen molar-refractivity contribution < 1.29 is 19.9 Å². The number of rotatable bonds is 9. The summed E-state index contributed by atoms with van der Waals surface area (Å²) in [5, 5.41) is 13.1. The summed E-state index contributed by atoms with van der Waals surface area (Å²) in [4.78, 5) is 0. The summed E-state index contributed by atoms with van der Waals surface area (Å²) in [6, 6.07) is 13.6. The van der Waals surface area contributed by atoms with Gasteiger partial charge < -0.3 is 19.9 Å². The van der Waals surface area contributed by atoms with Gasteiger partial charge in [0, 0.05) is 5.56 Å².